The van der Waals surface area contributed by atoms with Gasteiger partial charge in [-0.25, -0.2) is 0 Å². The molecule has 0 radical (unpaired) electrons. The van der Waals surface area contributed by atoms with Crippen LogP contribution in [0.25, 0.3) is 0 Å². The molecule has 1 heteroatoms. The normalized spacial score (nSPS) is 24.6. The summed E-state index contributed by atoms with van der Waals surface area (Å²) in [5.41, 5.74) is 4.69. The SMILES string of the molecule is Cc1cc(S2=CC2)cc(C2CC2)c1C. The van der Waals surface area contributed by atoms with Gasteiger partial charge in [0.15, 0.2) is 0 Å². The highest BCUT2D eigenvalue weighted by atomic mass is 32.2. The number of hydrogen-bond acceptors (Lipinski definition) is 0. The number of hydrogen-bond donors (Lipinski definition) is 0. The van der Waals surface area contributed by atoms with Crippen molar-refractivity contribution in [2.24, 2.45) is 0 Å². The summed E-state index contributed by atoms with van der Waals surface area (Å²) in [5.74, 6) is 2.23. The van der Waals surface area contributed by atoms with Gasteiger partial charge in [-0.3, -0.25) is 0 Å². The zero-order valence-electron chi connectivity index (χ0n) is 8.84. The van der Waals surface area contributed by atoms with Gasteiger partial charge in [0.1, 0.15) is 0 Å². The van der Waals surface area contributed by atoms with Crippen molar-refractivity contribution in [1.82, 2.24) is 0 Å². The van der Waals surface area contributed by atoms with Gasteiger partial charge < -0.3 is 0 Å². The highest BCUT2D eigenvalue weighted by Crippen LogP contribution is 2.45. The molecule has 1 aliphatic carbocycles. The summed E-state index contributed by atoms with van der Waals surface area (Å²) in [6.07, 6.45) is 2.84. The summed E-state index contributed by atoms with van der Waals surface area (Å²) < 4.78 is 0. The van der Waals surface area contributed by atoms with Crippen LogP contribution >= 0.6 is 10.5 Å². The van der Waals surface area contributed by atoms with Crippen molar-refractivity contribution in [3.63, 3.8) is 0 Å². The van der Waals surface area contributed by atoms with E-state index >= 15 is 0 Å². The molecule has 0 saturated heterocycles. The molecule has 1 atom stereocenters. The molecular weight excluding hydrogens is 188 g/mol. The smallest absolute Gasteiger partial charge is 0.0162 e. The first-order chi connectivity index (χ1) is 6.75. The van der Waals surface area contributed by atoms with Crippen LogP contribution in [0.2, 0.25) is 0 Å². The second-order valence-corrected chi connectivity index (χ2v) is 6.49. The highest BCUT2D eigenvalue weighted by Gasteiger charge is 2.26. The molecule has 0 bridgehead atoms. The van der Waals surface area contributed by atoms with Gasteiger partial charge in [-0.1, -0.05) is 0 Å². The van der Waals surface area contributed by atoms with Gasteiger partial charge in [0, 0.05) is 10.6 Å². The molecule has 1 fully saturated rings. The molecule has 1 unspecified atom stereocenters. The summed E-state index contributed by atoms with van der Waals surface area (Å²) in [6.45, 7) is 4.55. The first-order valence-corrected chi connectivity index (χ1v) is 6.85. The minimum atomic E-state index is 0.528. The van der Waals surface area contributed by atoms with Crippen LogP contribution in [0.3, 0.4) is 0 Å². The predicted octanol–water partition coefficient (Wildman–Crippen LogP) is 3.62. The van der Waals surface area contributed by atoms with E-state index in [4.69, 9.17) is 0 Å². The third-order valence-corrected chi connectivity index (χ3v) is 4.84. The third kappa shape index (κ3) is 1.44. The minimum Gasteiger partial charge on any atom is -0.154 e. The van der Waals surface area contributed by atoms with E-state index in [1.807, 2.05) is 0 Å². The van der Waals surface area contributed by atoms with Gasteiger partial charge in [0.25, 0.3) is 0 Å². The fourth-order valence-electron chi connectivity index (χ4n) is 2.05. The largest absolute Gasteiger partial charge is 0.154 e. The van der Waals surface area contributed by atoms with Gasteiger partial charge in [-0.05, 0) is 66.8 Å². The lowest BCUT2D eigenvalue weighted by atomic mass is 10.00. The Morgan fingerprint density at radius 3 is 2.50 bits per heavy atom. The van der Waals surface area contributed by atoms with Gasteiger partial charge in [-0.2, -0.15) is 10.5 Å². The molecular formula is C13H16S. The van der Waals surface area contributed by atoms with Gasteiger partial charge >= 0.3 is 0 Å². The lowest BCUT2D eigenvalue weighted by Crippen LogP contribution is -1.90. The van der Waals surface area contributed by atoms with E-state index in [0.29, 0.717) is 10.5 Å². The Labute approximate surface area is 88.3 Å². The van der Waals surface area contributed by atoms with E-state index in [1.54, 1.807) is 16.0 Å². The first-order valence-electron chi connectivity index (χ1n) is 5.40. The lowest BCUT2D eigenvalue weighted by molar-refractivity contribution is 1.06. The molecule has 1 heterocycles. The van der Waals surface area contributed by atoms with E-state index in [9.17, 15) is 0 Å². The van der Waals surface area contributed by atoms with Crippen molar-refractivity contribution >= 4 is 15.9 Å². The van der Waals surface area contributed by atoms with E-state index in [0.717, 1.165) is 5.92 Å². The Bertz CT molecular complexity index is 425. The molecule has 0 amide bonds. The van der Waals surface area contributed by atoms with Crippen molar-refractivity contribution in [3.05, 3.63) is 28.8 Å². The van der Waals surface area contributed by atoms with E-state index in [1.165, 1.54) is 24.2 Å². The first kappa shape index (κ1) is 8.72. The van der Waals surface area contributed by atoms with Crippen LogP contribution in [-0.2, 0) is 0 Å². The van der Waals surface area contributed by atoms with E-state index in [-0.39, 0.29) is 0 Å². The molecule has 3 rings (SSSR count). The van der Waals surface area contributed by atoms with Crippen LogP contribution in [-0.4, -0.2) is 11.1 Å². The summed E-state index contributed by atoms with van der Waals surface area (Å²) in [5, 5.41) is 2.43. The van der Waals surface area contributed by atoms with Crippen molar-refractivity contribution in [2.45, 2.75) is 37.5 Å². The van der Waals surface area contributed by atoms with Crippen molar-refractivity contribution in [1.29, 1.82) is 0 Å². The van der Waals surface area contributed by atoms with Crippen LogP contribution in [0, 0.1) is 13.8 Å². The summed E-state index contributed by atoms with van der Waals surface area (Å²) in [7, 11) is 0.528. The molecule has 14 heavy (non-hydrogen) atoms. The highest BCUT2D eigenvalue weighted by molar-refractivity contribution is 8.22. The van der Waals surface area contributed by atoms with Gasteiger partial charge in [0.05, 0.1) is 0 Å². The predicted molar refractivity (Wildman–Crippen MR) is 64.7 cm³/mol. The standard InChI is InChI=1S/C13H16S/c1-9-7-12(14-5-6-14)8-13(10(9)2)11-3-4-11/h5,7-8,11H,3-4,6H2,1-2H3. The second kappa shape index (κ2) is 2.96. The average Bonchev–Trinajstić information content (AvgIpc) is 3.04. The third-order valence-electron chi connectivity index (χ3n) is 3.33. The van der Waals surface area contributed by atoms with E-state index in [2.05, 4.69) is 31.3 Å². The topological polar surface area (TPSA) is 0 Å². The molecule has 1 saturated carbocycles. The average molecular weight is 204 g/mol. The molecule has 2 aliphatic rings. The maximum atomic E-state index is 2.48. The lowest BCUT2D eigenvalue weighted by Gasteiger charge is -2.10. The number of rotatable bonds is 2. The molecule has 0 nitrogen and oxygen atoms in total. The number of aryl methyl sites for hydroxylation is 1. The zero-order valence-corrected chi connectivity index (χ0v) is 9.66. The molecule has 0 N–H and O–H groups in total. The van der Waals surface area contributed by atoms with Crippen molar-refractivity contribution in [3.8, 4) is 0 Å². The van der Waals surface area contributed by atoms with Gasteiger partial charge in [-0.15, -0.1) is 0 Å². The Balaban J connectivity index is 2.11. The maximum absolute atomic E-state index is 2.48. The molecule has 0 aromatic heterocycles. The van der Waals surface area contributed by atoms with Crippen LogP contribution in [0.5, 0.6) is 0 Å². The van der Waals surface area contributed by atoms with Crippen LogP contribution in [0.15, 0.2) is 17.0 Å². The van der Waals surface area contributed by atoms with Gasteiger partial charge in [0.2, 0.25) is 0 Å². The van der Waals surface area contributed by atoms with Crippen molar-refractivity contribution < 1.29 is 0 Å². The quantitative estimate of drug-likeness (QED) is 0.645. The molecule has 74 valence electrons. The van der Waals surface area contributed by atoms with Crippen molar-refractivity contribution in [2.75, 3.05) is 5.75 Å². The van der Waals surface area contributed by atoms with Crippen LogP contribution in [0.1, 0.15) is 35.4 Å². The fraction of sp³-hybridized carbons (Fsp3) is 0.462. The van der Waals surface area contributed by atoms with Crippen LogP contribution in [0.4, 0.5) is 0 Å². The molecule has 1 aliphatic heterocycles. The Morgan fingerprint density at radius 2 is 1.93 bits per heavy atom. The molecule has 0 spiro atoms. The number of benzene rings is 1. The zero-order chi connectivity index (χ0) is 9.71. The van der Waals surface area contributed by atoms with E-state index < -0.39 is 0 Å². The molecule has 1 aromatic rings. The molecule has 1 aromatic carbocycles. The monoisotopic (exact) mass is 204 g/mol. The Morgan fingerprint density at radius 1 is 1.21 bits per heavy atom. The van der Waals surface area contributed by atoms with Crippen LogP contribution < -0.4 is 0 Å². The fourth-order valence-corrected chi connectivity index (χ4v) is 3.31. The summed E-state index contributed by atoms with van der Waals surface area (Å²) in [4.78, 5) is 1.59. The summed E-state index contributed by atoms with van der Waals surface area (Å²) in [6, 6.07) is 4.88. The summed E-state index contributed by atoms with van der Waals surface area (Å²) >= 11 is 0. The minimum absolute atomic E-state index is 0.528. The Hall–Kier alpha value is -0.560. The Kier molecular flexibility index (Phi) is 1.85. The second-order valence-electron chi connectivity index (χ2n) is 4.49. The maximum Gasteiger partial charge on any atom is 0.0162 e.